The molecule has 0 unspecified atom stereocenters. The SMILES string of the molecule is C=C(C)CCOCC(C)=O. The first-order chi connectivity index (χ1) is 4.63. The van der Waals surface area contributed by atoms with Gasteiger partial charge in [0.25, 0.3) is 0 Å². The maximum absolute atomic E-state index is 10.3. The minimum absolute atomic E-state index is 0.0710. The van der Waals surface area contributed by atoms with Gasteiger partial charge in [-0.2, -0.15) is 0 Å². The summed E-state index contributed by atoms with van der Waals surface area (Å²) >= 11 is 0. The molecule has 0 aromatic rings. The molecule has 0 saturated carbocycles. The number of ketones is 1. The lowest BCUT2D eigenvalue weighted by Gasteiger charge is -1.99. The van der Waals surface area contributed by atoms with Gasteiger partial charge in [0.15, 0.2) is 5.78 Å². The molecule has 0 bridgehead atoms. The zero-order valence-corrected chi connectivity index (χ0v) is 6.64. The van der Waals surface area contributed by atoms with Crippen LogP contribution in [0.15, 0.2) is 12.2 Å². The summed E-state index contributed by atoms with van der Waals surface area (Å²) in [6.07, 6.45) is 0.841. The standard InChI is InChI=1S/C8H14O2/c1-7(2)4-5-10-6-8(3)9/h1,4-6H2,2-3H3. The molecule has 0 atom stereocenters. The van der Waals surface area contributed by atoms with Crippen LogP contribution in [0.4, 0.5) is 0 Å². The van der Waals surface area contributed by atoms with Gasteiger partial charge in [0.1, 0.15) is 6.61 Å². The second-order valence-corrected chi connectivity index (χ2v) is 2.46. The van der Waals surface area contributed by atoms with Crippen LogP contribution in [0, 0.1) is 0 Å². The molecular weight excluding hydrogens is 128 g/mol. The quantitative estimate of drug-likeness (QED) is 0.430. The number of hydrogen-bond acceptors (Lipinski definition) is 2. The molecule has 0 radical (unpaired) electrons. The van der Waals surface area contributed by atoms with E-state index < -0.39 is 0 Å². The van der Waals surface area contributed by atoms with Crippen molar-refractivity contribution in [2.24, 2.45) is 0 Å². The van der Waals surface area contributed by atoms with E-state index >= 15 is 0 Å². The van der Waals surface area contributed by atoms with Crippen molar-refractivity contribution in [2.75, 3.05) is 13.2 Å². The molecule has 0 aliphatic heterocycles. The van der Waals surface area contributed by atoms with E-state index in [-0.39, 0.29) is 12.4 Å². The van der Waals surface area contributed by atoms with Crippen LogP contribution in [0.25, 0.3) is 0 Å². The molecule has 10 heavy (non-hydrogen) atoms. The van der Waals surface area contributed by atoms with E-state index in [2.05, 4.69) is 6.58 Å². The molecule has 0 N–H and O–H groups in total. The number of rotatable bonds is 5. The number of carbonyl (C=O) groups excluding carboxylic acids is 1. The first-order valence-corrected chi connectivity index (χ1v) is 3.34. The minimum Gasteiger partial charge on any atom is -0.373 e. The van der Waals surface area contributed by atoms with Crippen LogP contribution in [0.3, 0.4) is 0 Å². The molecule has 0 aliphatic rings. The van der Waals surface area contributed by atoms with Gasteiger partial charge >= 0.3 is 0 Å². The predicted molar refractivity (Wildman–Crippen MR) is 40.9 cm³/mol. The summed E-state index contributed by atoms with van der Waals surface area (Å²) in [5, 5.41) is 0. The van der Waals surface area contributed by atoms with Gasteiger partial charge in [-0.1, -0.05) is 5.57 Å². The van der Waals surface area contributed by atoms with E-state index in [1.807, 2.05) is 6.92 Å². The fourth-order valence-corrected chi connectivity index (χ4v) is 0.462. The molecule has 0 spiro atoms. The molecule has 0 aromatic carbocycles. The van der Waals surface area contributed by atoms with Gasteiger partial charge in [0.2, 0.25) is 0 Å². The molecule has 0 aromatic heterocycles. The summed E-state index contributed by atoms with van der Waals surface area (Å²) in [5.41, 5.74) is 1.09. The first-order valence-electron chi connectivity index (χ1n) is 3.34. The molecular formula is C8H14O2. The van der Waals surface area contributed by atoms with E-state index in [1.165, 1.54) is 6.92 Å². The Labute approximate surface area is 61.9 Å². The summed E-state index contributed by atoms with van der Waals surface area (Å²) in [6.45, 7) is 8.00. The maximum Gasteiger partial charge on any atom is 0.155 e. The van der Waals surface area contributed by atoms with Gasteiger partial charge in [0, 0.05) is 0 Å². The molecule has 58 valence electrons. The van der Waals surface area contributed by atoms with Crippen molar-refractivity contribution < 1.29 is 9.53 Å². The smallest absolute Gasteiger partial charge is 0.155 e. The van der Waals surface area contributed by atoms with Crippen molar-refractivity contribution in [1.82, 2.24) is 0 Å². The summed E-state index contributed by atoms with van der Waals surface area (Å²) in [6, 6.07) is 0. The normalized spacial score (nSPS) is 9.40. The average molecular weight is 142 g/mol. The third-order valence-electron chi connectivity index (χ3n) is 0.979. The van der Waals surface area contributed by atoms with Crippen LogP contribution < -0.4 is 0 Å². The lowest BCUT2D eigenvalue weighted by Crippen LogP contribution is -2.04. The van der Waals surface area contributed by atoms with Crippen molar-refractivity contribution in [3.05, 3.63) is 12.2 Å². The highest BCUT2D eigenvalue weighted by atomic mass is 16.5. The Morgan fingerprint density at radius 3 is 2.50 bits per heavy atom. The Morgan fingerprint density at radius 2 is 2.10 bits per heavy atom. The molecule has 0 amide bonds. The number of hydrogen-bond donors (Lipinski definition) is 0. The van der Waals surface area contributed by atoms with Crippen LogP contribution in [-0.2, 0) is 9.53 Å². The topological polar surface area (TPSA) is 26.3 Å². The molecule has 0 fully saturated rings. The predicted octanol–water partition coefficient (Wildman–Crippen LogP) is 1.56. The Hall–Kier alpha value is -0.630. The van der Waals surface area contributed by atoms with E-state index in [9.17, 15) is 4.79 Å². The van der Waals surface area contributed by atoms with Crippen LogP contribution in [0.1, 0.15) is 20.3 Å². The number of carbonyl (C=O) groups is 1. The summed E-state index contributed by atoms with van der Waals surface area (Å²) in [5.74, 6) is 0.0710. The monoisotopic (exact) mass is 142 g/mol. The third kappa shape index (κ3) is 7.37. The van der Waals surface area contributed by atoms with Crippen molar-refractivity contribution in [1.29, 1.82) is 0 Å². The largest absolute Gasteiger partial charge is 0.373 e. The van der Waals surface area contributed by atoms with Crippen LogP contribution in [0.2, 0.25) is 0 Å². The van der Waals surface area contributed by atoms with Crippen LogP contribution in [0.5, 0.6) is 0 Å². The molecule has 2 heteroatoms. The molecule has 0 rings (SSSR count). The van der Waals surface area contributed by atoms with Crippen molar-refractivity contribution in [3.8, 4) is 0 Å². The van der Waals surface area contributed by atoms with E-state index in [1.54, 1.807) is 0 Å². The highest BCUT2D eigenvalue weighted by Crippen LogP contribution is 1.94. The fourth-order valence-electron chi connectivity index (χ4n) is 0.462. The van der Waals surface area contributed by atoms with E-state index in [0.717, 1.165) is 12.0 Å². The van der Waals surface area contributed by atoms with Crippen molar-refractivity contribution in [3.63, 3.8) is 0 Å². The second-order valence-electron chi connectivity index (χ2n) is 2.46. The number of Topliss-reactive ketones (excluding diaryl/α,β-unsaturated/α-hetero) is 1. The summed E-state index contributed by atoms with van der Waals surface area (Å²) in [7, 11) is 0. The Morgan fingerprint density at radius 1 is 1.50 bits per heavy atom. The Balaban J connectivity index is 3.06. The zero-order valence-electron chi connectivity index (χ0n) is 6.64. The van der Waals surface area contributed by atoms with Crippen molar-refractivity contribution >= 4 is 5.78 Å². The highest BCUT2D eigenvalue weighted by Gasteiger charge is 1.92. The highest BCUT2D eigenvalue weighted by molar-refractivity contribution is 5.76. The van der Waals surface area contributed by atoms with Crippen molar-refractivity contribution in [2.45, 2.75) is 20.3 Å². The van der Waals surface area contributed by atoms with Gasteiger partial charge in [-0.05, 0) is 20.3 Å². The lowest BCUT2D eigenvalue weighted by molar-refractivity contribution is -0.121. The lowest BCUT2D eigenvalue weighted by atomic mass is 10.3. The average Bonchev–Trinajstić information content (AvgIpc) is 1.79. The fraction of sp³-hybridized carbons (Fsp3) is 0.625. The second kappa shape index (κ2) is 5.18. The molecule has 0 aliphatic carbocycles. The minimum atomic E-state index is 0.0710. The molecule has 0 saturated heterocycles. The van der Waals surface area contributed by atoms with Crippen LogP contribution >= 0.6 is 0 Å². The van der Waals surface area contributed by atoms with Gasteiger partial charge in [0.05, 0.1) is 6.61 Å². The Kier molecular flexibility index (Phi) is 4.85. The maximum atomic E-state index is 10.3. The van der Waals surface area contributed by atoms with Gasteiger partial charge in [-0.15, -0.1) is 6.58 Å². The molecule has 2 nitrogen and oxygen atoms in total. The van der Waals surface area contributed by atoms with Gasteiger partial charge < -0.3 is 4.74 Å². The molecule has 0 heterocycles. The van der Waals surface area contributed by atoms with Gasteiger partial charge in [-0.25, -0.2) is 0 Å². The first kappa shape index (κ1) is 9.37. The third-order valence-corrected chi connectivity index (χ3v) is 0.979. The Bertz CT molecular complexity index is 111. The van der Waals surface area contributed by atoms with Crippen LogP contribution in [-0.4, -0.2) is 19.0 Å². The summed E-state index contributed by atoms with van der Waals surface area (Å²) < 4.78 is 5.00. The van der Waals surface area contributed by atoms with E-state index in [0.29, 0.717) is 6.61 Å². The van der Waals surface area contributed by atoms with E-state index in [4.69, 9.17) is 4.74 Å². The summed E-state index contributed by atoms with van der Waals surface area (Å²) in [4.78, 5) is 10.3. The number of ether oxygens (including phenoxy) is 1. The van der Waals surface area contributed by atoms with Gasteiger partial charge in [-0.3, -0.25) is 4.79 Å². The zero-order chi connectivity index (χ0) is 7.98.